The monoisotopic (exact) mass is 381 g/mol. The predicted octanol–water partition coefficient (Wildman–Crippen LogP) is 3.24. The lowest BCUT2D eigenvalue weighted by Crippen LogP contribution is -2.14. The minimum Gasteiger partial charge on any atom is -0.423 e. The zero-order chi connectivity index (χ0) is 18.8. The van der Waals surface area contributed by atoms with Crippen LogP contribution in [0.15, 0.2) is 58.8 Å². The average molecular weight is 381 g/mol. The van der Waals surface area contributed by atoms with E-state index >= 15 is 0 Å². The highest BCUT2D eigenvalue weighted by Gasteiger charge is 2.14. The van der Waals surface area contributed by atoms with Gasteiger partial charge in [0.2, 0.25) is 5.43 Å². The van der Waals surface area contributed by atoms with Crippen molar-refractivity contribution in [2.24, 2.45) is 0 Å². The number of carbonyl (C=O) groups excluding carboxylic acids is 1. The summed E-state index contributed by atoms with van der Waals surface area (Å²) in [5.41, 5.74) is 2.22. The third-order valence-corrected chi connectivity index (χ3v) is 4.66. The van der Waals surface area contributed by atoms with Crippen molar-refractivity contribution in [3.63, 3.8) is 0 Å². The first-order valence-electron chi connectivity index (χ1n) is 7.95. The van der Waals surface area contributed by atoms with Gasteiger partial charge in [-0.3, -0.25) is 9.59 Å². The third-order valence-electron chi connectivity index (χ3n) is 4.15. The van der Waals surface area contributed by atoms with Gasteiger partial charge in [-0.05, 0) is 29.2 Å². The number of rotatable bonds is 5. The zero-order valence-corrected chi connectivity index (χ0v) is 14.6. The number of halogens is 1. The first kappa shape index (κ1) is 17.0. The quantitative estimate of drug-likeness (QED) is 0.496. The Morgan fingerprint density at radius 1 is 1.19 bits per heavy atom. The molecule has 0 saturated heterocycles. The minimum absolute atomic E-state index is 0.145. The summed E-state index contributed by atoms with van der Waals surface area (Å²) in [6, 6.07) is 11.8. The predicted molar refractivity (Wildman–Crippen MR) is 99.3 cm³/mol. The number of para-hydroxylation sites is 1. The molecule has 0 aliphatic rings. The molecule has 4 aromatic rings. The molecule has 134 valence electrons. The largest absolute Gasteiger partial charge is 0.423 e. The third kappa shape index (κ3) is 3.22. The summed E-state index contributed by atoms with van der Waals surface area (Å²) in [7, 11) is 0. The van der Waals surface area contributed by atoms with Gasteiger partial charge in [-0.1, -0.05) is 34.8 Å². The molecule has 0 aliphatic carbocycles. The zero-order valence-electron chi connectivity index (χ0n) is 13.8. The van der Waals surface area contributed by atoms with E-state index in [4.69, 9.17) is 4.74 Å². The highest BCUT2D eigenvalue weighted by molar-refractivity contribution is 7.03. The maximum atomic E-state index is 14.4. The SMILES string of the molecule is O=COc1cn(Cc2ccc(-c3csnn3)cc2)c2c(F)cccc2c1=O. The molecule has 2 aromatic carbocycles. The summed E-state index contributed by atoms with van der Waals surface area (Å²) < 4.78 is 24.6. The van der Waals surface area contributed by atoms with Gasteiger partial charge in [-0.25, -0.2) is 4.39 Å². The number of benzene rings is 2. The topological polar surface area (TPSA) is 74.1 Å². The average Bonchev–Trinajstić information content (AvgIpc) is 3.21. The van der Waals surface area contributed by atoms with Crippen LogP contribution in [0, 0.1) is 5.82 Å². The Kier molecular flexibility index (Phi) is 4.47. The Morgan fingerprint density at radius 2 is 2.00 bits per heavy atom. The summed E-state index contributed by atoms with van der Waals surface area (Å²) in [6.07, 6.45) is 1.35. The van der Waals surface area contributed by atoms with E-state index in [1.54, 1.807) is 4.57 Å². The second-order valence-electron chi connectivity index (χ2n) is 5.79. The fraction of sp³-hybridized carbons (Fsp3) is 0.0526. The molecule has 0 bridgehead atoms. The van der Waals surface area contributed by atoms with E-state index in [9.17, 15) is 14.0 Å². The lowest BCUT2D eigenvalue weighted by atomic mass is 10.1. The standard InChI is InChI=1S/C19H12FN3O3S/c20-15-3-1-2-14-18(15)23(9-17(19(14)25)26-11-24)8-12-4-6-13(7-5-12)16-10-27-22-21-16/h1-7,9-11H,8H2. The van der Waals surface area contributed by atoms with Gasteiger partial charge < -0.3 is 9.30 Å². The summed E-state index contributed by atoms with van der Waals surface area (Å²) in [4.78, 5) is 23.1. The molecule has 0 N–H and O–H groups in total. The maximum absolute atomic E-state index is 14.4. The molecule has 0 spiro atoms. The van der Waals surface area contributed by atoms with Crippen LogP contribution in [0.1, 0.15) is 5.56 Å². The van der Waals surface area contributed by atoms with E-state index in [1.165, 1.54) is 35.9 Å². The van der Waals surface area contributed by atoms with Crippen molar-refractivity contribution in [2.45, 2.75) is 6.54 Å². The normalized spacial score (nSPS) is 10.9. The summed E-state index contributed by atoms with van der Waals surface area (Å²) in [5.74, 6) is -0.666. The molecule has 6 nitrogen and oxygen atoms in total. The van der Waals surface area contributed by atoms with Crippen LogP contribution >= 0.6 is 11.5 Å². The van der Waals surface area contributed by atoms with Gasteiger partial charge in [0.05, 0.1) is 17.1 Å². The van der Waals surface area contributed by atoms with Crippen molar-refractivity contribution in [2.75, 3.05) is 0 Å². The Labute approximate surface area is 156 Å². The van der Waals surface area contributed by atoms with Crippen molar-refractivity contribution >= 4 is 28.9 Å². The fourth-order valence-corrected chi connectivity index (χ4v) is 3.38. The first-order valence-corrected chi connectivity index (χ1v) is 8.79. The van der Waals surface area contributed by atoms with E-state index in [1.807, 2.05) is 29.6 Å². The van der Waals surface area contributed by atoms with Crippen molar-refractivity contribution in [1.29, 1.82) is 0 Å². The van der Waals surface area contributed by atoms with E-state index < -0.39 is 11.2 Å². The van der Waals surface area contributed by atoms with Crippen molar-refractivity contribution in [3.05, 3.63) is 75.6 Å². The molecule has 2 heterocycles. The molecule has 27 heavy (non-hydrogen) atoms. The van der Waals surface area contributed by atoms with Crippen molar-refractivity contribution in [1.82, 2.24) is 14.2 Å². The first-order chi connectivity index (χ1) is 13.2. The molecule has 0 saturated carbocycles. The smallest absolute Gasteiger partial charge is 0.298 e. The van der Waals surface area contributed by atoms with E-state index in [-0.39, 0.29) is 23.1 Å². The maximum Gasteiger partial charge on any atom is 0.298 e. The van der Waals surface area contributed by atoms with Gasteiger partial charge in [0.15, 0.2) is 5.75 Å². The second kappa shape index (κ2) is 7.08. The number of nitrogens with zero attached hydrogens (tertiary/aromatic N) is 3. The minimum atomic E-state index is -0.528. The molecule has 0 aliphatic heterocycles. The summed E-state index contributed by atoms with van der Waals surface area (Å²) in [5, 5.41) is 6.03. The van der Waals surface area contributed by atoms with Gasteiger partial charge in [0.25, 0.3) is 6.47 Å². The molecular weight excluding hydrogens is 369 g/mol. The fourth-order valence-electron chi connectivity index (χ4n) is 2.92. The lowest BCUT2D eigenvalue weighted by molar-refractivity contribution is -0.120. The van der Waals surface area contributed by atoms with Crippen LogP contribution in [-0.2, 0) is 11.3 Å². The van der Waals surface area contributed by atoms with E-state index in [0.29, 0.717) is 6.54 Å². The van der Waals surface area contributed by atoms with Gasteiger partial charge in [0.1, 0.15) is 11.5 Å². The molecular formula is C19H12FN3O3S. The Bertz CT molecular complexity index is 1170. The van der Waals surface area contributed by atoms with Gasteiger partial charge in [0, 0.05) is 17.5 Å². The second-order valence-corrected chi connectivity index (χ2v) is 6.40. The van der Waals surface area contributed by atoms with Gasteiger partial charge >= 0.3 is 0 Å². The number of pyridine rings is 1. The molecule has 0 amide bonds. The molecule has 8 heteroatoms. The van der Waals surface area contributed by atoms with Crippen LogP contribution in [0.3, 0.4) is 0 Å². The Balaban J connectivity index is 1.78. The highest BCUT2D eigenvalue weighted by atomic mass is 32.1. The number of fused-ring (bicyclic) bond motifs is 1. The van der Waals surface area contributed by atoms with Crippen LogP contribution in [0.5, 0.6) is 5.75 Å². The number of hydrogen-bond acceptors (Lipinski definition) is 6. The van der Waals surface area contributed by atoms with Gasteiger partial charge in [-0.15, -0.1) is 5.10 Å². The molecule has 2 aromatic heterocycles. The molecule has 4 rings (SSSR count). The summed E-state index contributed by atoms with van der Waals surface area (Å²) in [6.45, 7) is 0.478. The van der Waals surface area contributed by atoms with Crippen LogP contribution in [-0.4, -0.2) is 20.6 Å². The van der Waals surface area contributed by atoms with Crippen molar-refractivity contribution < 1.29 is 13.9 Å². The molecule has 0 atom stereocenters. The van der Waals surface area contributed by atoms with Gasteiger partial charge in [-0.2, -0.15) is 0 Å². The number of hydrogen-bond donors (Lipinski definition) is 0. The Morgan fingerprint density at radius 3 is 2.70 bits per heavy atom. The van der Waals surface area contributed by atoms with E-state index in [0.717, 1.165) is 16.8 Å². The number of carbonyl (C=O) groups is 1. The van der Waals surface area contributed by atoms with Crippen LogP contribution in [0.25, 0.3) is 22.2 Å². The lowest BCUT2D eigenvalue weighted by Gasteiger charge is -2.13. The molecule has 0 unspecified atom stereocenters. The Hall–Kier alpha value is -3.39. The number of aromatic nitrogens is 3. The van der Waals surface area contributed by atoms with Crippen LogP contribution in [0.4, 0.5) is 4.39 Å². The summed E-state index contributed by atoms with van der Waals surface area (Å²) >= 11 is 1.27. The number of ether oxygens (including phenoxy) is 1. The molecule has 0 fully saturated rings. The van der Waals surface area contributed by atoms with Crippen LogP contribution < -0.4 is 10.2 Å². The van der Waals surface area contributed by atoms with Crippen LogP contribution in [0.2, 0.25) is 0 Å². The van der Waals surface area contributed by atoms with Crippen molar-refractivity contribution in [3.8, 4) is 17.0 Å². The molecule has 0 radical (unpaired) electrons. The highest BCUT2D eigenvalue weighted by Crippen LogP contribution is 2.22. The van der Waals surface area contributed by atoms with E-state index in [2.05, 4.69) is 9.59 Å².